The minimum absolute atomic E-state index is 0.171. The zero-order chi connectivity index (χ0) is 16.9. The Morgan fingerprint density at radius 1 is 1.08 bits per heavy atom. The molecule has 1 amide bonds. The summed E-state index contributed by atoms with van der Waals surface area (Å²) < 4.78 is 0. The van der Waals surface area contributed by atoms with Gasteiger partial charge in [-0.3, -0.25) is 14.6 Å². The normalized spacial score (nSPS) is 11.0. The summed E-state index contributed by atoms with van der Waals surface area (Å²) in [6, 6.07) is 14.7. The molecule has 0 bridgehead atoms. The van der Waals surface area contributed by atoms with E-state index < -0.39 is 11.2 Å². The summed E-state index contributed by atoms with van der Waals surface area (Å²) in [5, 5.41) is 5.83. The van der Waals surface area contributed by atoms with Gasteiger partial charge in [0.05, 0.1) is 18.3 Å². The van der Waals surface area contributed by atoms with Crippen molar-refractivity contribution in [2.24, 2.45) is 5.10 Å². The van der Waals surface area contributed by atoms with Gasteiger partial charge in [0.15, 0.2) is 0 Å². The minimum atomic E-state index is -0.633. The van der Waals surface area contributed by atoms with E-state index in [2.05, 4.69) is 15.5 Å². The van der Waals surface area contributed by atoms with Crippen molar-refractivity contribution in [1.82, 2.24) is 15.4 Å². The Kier molecular flexibility index (Phi) is 4.33. The number of amides is 1. The molecule has 0 aliphatic heterocycles. The van der Waals surface area contributed by atoms with Crippen LogP contribution >= 0.6 is 0 Å². The molecule has 120 valence electrons. The molecular formula is C17H14N4O3. The van der Waals surface area contributed by atoms with Crippen LogP contribution in [0.4, 0.5) is 0 Å². The minimum Gasteiger partial charge on any atom is -0.306 e. The van der Waals surface area contributed by atoms with Crippen LogP contribution < -0.4 is 16.7 Å². The van der Waals surface area contributed by atoms with E-state index in [1.807, 2.05) is 47.4 Å². The Labute approximate surface area is 136 Å². The number of benzene rings is 2. The van der Waals surface area contributed by atoms with Crippen molar-refractivity contribution in [3.05, 3.63) is 80.6 Å². The van der Waals surface area contributed by atoms with Crippen LogP contribution in [-0.2, 0) is 11.2 Å². The van der Waals surface area contributed by atoms with Crippen molar-refractivity contribution >= 4 is 22.9 Å². The molecule has 3 rings (SSSR count). The third-order valence-electron chi connectivity index (χ3n) is 3.41. The predicted octanol–water partition coefficient (Wildman–Crippen LogP) is 0.909. The fourth-order valence-corrected chi connectivity index (χ4v) is 2.39. The number of hydrogen-bond acceptors (Lipinski definition) is 4. The third kappa shape index (κ3) is 3.64. The lowest BCUT2D eigenvalue weighted by Crippen LogP contribution is -2.24. The van der Waals surface area contributed by atoms with Gasteiger partial charge in [0.1, 0.15) is 0 Å². The number of hydrogen-bond donors (Lipinski definition) is 3. The molecular weight excluding hydrogens is 308 g/mol. The summed E-state index contributed by atoms with van der Waals surface area (Å²) in [5.41, 5.74) is 2.30. The molecule has 0 saturated carbocycles. The van der Waals surface area contributed by atoms with Crippen LogP contribution in [-0.4, -0.2) is 22.1 Å². The molecule has 1 aromatic heterocycles. The molecule has 0 aliphatic rings. The van der Waals surface area contributed by atoms with Crippen molar-refractivity contribution < 1.29 is 4.79 Å². The molecule has 0 fully saturated rings. The number of aromatic nitrogens is 2. The maximum Gasteiger partial charge on any atom is 0.326 e. The quantitative estimate of drug-likeness (QED) is 0.491. The Balaban J connectivity index is 1.70. The molecule has 0 spiro atoms. The fraction of sp³-hybridized carbons (Fsp3) is 0.0588. The van der Waals surface area contributed by atoms with Gasteiger partial charge in [0, 0.05) is 6.07 Å². The Bertz CT molecular complexity index is 1000. The summed E-state index contributed by atoms with van der Waals surface area (Å²) in [6.45, 7) is 0. The number of nitrogens with one attached hydrogen (secondary N) is 3. The summed E-state index contributed by atoms with van der Waals surface area (Å²) in [7, 11) is 0. The monoisotopic (exact) mass is 322 g/mol. The first-order valence-electron chi connectivity index (χ1n) is 7.24. The number of fused-ring (bicyclic) bond motifs is 1. The van der Waals surface area contributed by atoms with Crippen molar-refractivity contribution in [2.75, 3.05) is 0 Å². The zero-order valence-corrected chi connectivity index (χ0v) is 12.6. The smallest absolute Gasteiger partial charge is 0.306 e. The van der Waals surface area contributed by atoms with Gasteiger partial charge in [-0.25, -0.2) is 10.2 Å². The molecule has 7 nitrogen and oxygen atoms in total. The second-order valence-electron chi connectivity index (χ2n) is 5.15. The van der Waals surface area contributed by atoms with Gasteiger partial charge in [-0.05, 0) is 16.3 Å². The van der Waals surface area contributed by atoms with Gasteiger partial charge in [0.25, 0.3) is 5.56 Å². The molecule has 2 aromatic carbocycles. The van der Waals surface area contributed by atoms with E-state index in [1.165, 1.54) is 12.3 Å². The molecule has 1 heterocycles. The standard InChI is InChI=1S/C17H14N4O3/c22-15-9-13(19-17(24)20-15)10-18-21-16(23)8-12-6-3-5-11-4-1-2-7-14(11)12/h1-7,9-10H,8H2,(H,21,23)(H2,19,20,22,24)/b18-10+. The molecule has 3 aromatic rings. The summed E-state index contributed by atoms with van der Waals surface area (Å²) in [4.78, 5) is 38.7. The highest BCUT2D eigenvalue weighted by atomic mass is 16.2. The van der Waals surface area contributed by atoms with Crippen LogP contribution in [0.5, 0.6) is 0 Å². The van der Waals surface area contributed by atoms with Crippen molar-refractivity contribution in [3.63, 3.8) is 0 Å². The van der Waals surface area contributed by atoms with Crippen LogP contribution in [0.3, 0.4) is 0 Å². The van der Waals surface area contributed by atoms with Crippen LogP contribution in [0.25, 0.3) is 10.8 Å². The van der Waals surface area contributed by atoms with E-state index in [0.29, 0.717) is 0 Å². The van der Waals surface area contributed by atoms with Crippen LogP contribution in [0.2, 0.25) is 0 Å². The highest BCUT2D eigenvalue weighted by Crippen LogP contribution is 2.18. The van der Waals surface area contributed by atoms with E-state index in [1.54, 1.807) is 0 Å². The summed E-state index contributed by atoms with van der Waals surface area (Å²) in [5.74, 6) is -0.296. The number of rotatable bonds is 4. The highest BCUT2D eigenvalue weighted by Gasteiger charge is 2.05. The summed E-state index contributed by atoms with van der Waals surface area (Å²) in [6.07, 6.45) is 1.38. The number of carbonyl (C=O) groups is 1. The molecule has 0 saturated heterocycles. The van der Waals surface area contributed by atoms with Gasteiger partial charge in [0.2, 0.25) is 5.91 Å². The number of H-pyrrole nitrogens is 2. The molecule has 0 radical (unpaired) electrons. The highest BCUT2D eigenvalue weighted by molar-refractivity contribution is 5.90. The predicted molar refractivity (Wildman–Crippen MR) is 91.1 cm³/mol. The first-order valence-corrected chi connectivity index (χ1v) is 7.24. The lowest BCUT2D eigenvalue weighted by atomic mass is 10.0. The van der Waals surface area contributed by atoms with Crippen LogP contribution in [0, 0.1) is 0 Å². The van der Waals surface area contributed by atoms with Crippen LogP contribution in [0.15, 0.2) is 63.2 Å². The van der Waals surface area contributed by atoms with E-state index in [9.17, 15) is 14.4 Å². The maximum atomic E-state index is 12.0. The number of carbonyl (C=O) groups excluding carboxylic acids is 1. The maximum absolute atomic E-state index is 12.0. The van der Waals surface area contributed by atoms with E-state index in [-0.39, 0.29) is 18.0 Å². The second kappa shape index (κ2) is 6.74. The van der Waals surface area contributed by atoms with Gasteiger partial charge in [-0.1, -0.05) is 42.5 Å². The molecule has 0 aliphatic carbocycles. The number of aromatic amines is 2. The van der Waals surface area contributed by atoms with Crippen molar-refractivity contribution in [2.45, 2.75) is 6.42 Å². The Morgan fingerprint density at radius 3 is 2.71 bits per heavy atom. The van der Waals surface area contributed by atoms with Crippen molar-refractivity contribution in [1.29, 1.82) is 0 Å². The lowest BCUT2D eigenvalue weighted by Gasteiger charge is -2.05. The molecule has 24 heavy (non-hydrogen) atoms. The first kappa shape index (κ1) is 15.4. The zero-order valence-electron chi connectivity index (χ0n) is 12.6. The third-order valence-corrected chi connectivity index (χ3v) is 3.41. The van der Waals surface area contributed by atoms with Gasteiger partial charge in [-0.15, -0.1) is 0 Å². The average Bonchev–Trinajstić information content (AvgIpc) is 2.54. The Hall–Kier alpha value is -3.48. The Morgan fingerprint density at radius 2 is 1.88 bits per heavy atom. The largest absolute Gasteiger partial charge is 0.326 e. The van der Waals surface area contributed by atoms with Crippen molar-refractivity contribution in [3.8, 4) is 0 Å². The molecule has 0 unspecified atom stereocenters. The van der Waals surface area contributed by atoms with Gasteiger partial charge in [-0.2, -0.15) is 5.10 Å². The lowest BCUT2D eigenvalue weighted by molar-refractivity contribution is -0.120. The molecule has 7 heteroatoms. The first-order chi connectivity index (χ1) is 11.6. The molecule has 0 atom stereocenters. The second-order valence-corrected chi connectivity index (χ2v) is 5.15. The molecule has 3 N–H and O–H groups in total. The van der Waals surface area contributed by atoms with E-state index in [4.69, 9.17) is 0 Å². The van der Waals surface area contributed by atoms with Gasteiger partial charge >= 0.3 is 5.69 Å². The average molecular weight is 322 g/mol. The van der Waals surface area contributed by atoms with E-state index >= 15 is 0 Å². The number of nitrogens with zero attached hydrogens (tertiary/aromatic N) is 1. The van der Waals surface area contributed by atoms with Crippen LogP contribution in [0.1, 0.15) is 11.3 Å². The summed E-state index contributed by atoms with van der Waals surface area (Å²) >= 11 is 0. The fourth-order valence-electron chi connectivity index (χ4n) is 2.39. The number of hydrazone groups is 1. The SMILES string of the molecule is O=C(Cc1cccc2ccccc12)N/N=C/c1cc(=O)[nH]c(=O)[nH]1. The van der Waals surface area contributed by atoms with E-state index in [0.717, 1.165) is 16.3 Å². The topological polar surface area (TPSA) is 107 Å². The van der Waals surface area contributed by atoms with Gasteiger partial charge < -0.3 is 4.98 Å².